The van der Waals surface area contributed by atoms with E-state index in [1.165, 1.54) is 12.1 Å². The average Bonchev–Trinajstić information content (AvgIpc) is 2.62. The molecule has 1 amide bonds. The number of rotatable bonds is 7. The molecule has 1 N–H and O–H groups in total. The summed E-state index contributed by atoms with van der Waals surface area (Å²) in [7, 11) is 0. The van der Waals surface area contributed by atoms with Crippen LogP contribution in [0.4, 0.5) is 9.18 Å². The van der Waals surface area contributed by atoms with Crippen LogP contribution in [0.3, 0.4) is 0 Å². The van der Waals surface area contributed by atoms with Crippen molar-refractivity contribution in [2.24, 2.45) is 0 Å². The van der Waals surface area contributed by atoms with Gasteiger partial charge in [0.1, 0.15) is 12.4 Å². The molecule has 138 valence electrons. The second-order valence-corrected chi connectivity index (χ2v) is 6.00. The van der Waals surface area contributed by atoms with Crippen LogP contribution in [0, 0.1) is 12.7 Å². The van der Waals surface area contributed by atoms with Gasteiger partial charge in [0.25, 0.3) is 0 Å². The molecule has 0 saturated carbocycles. The molecule has 5 nitrogen and oxygen atoms in total. The monoisotopic (exact) mass is 359 g/mol. The summed E-state index contributed by atoms with van der Waals surface area (Å²) in [4.78, 5) is 25.4. The fraction of sp³-hybridized carbons (Fsp3) is 0.300. The molecule has 0 aliphatic rings. The lowest BCUT2D eigenvalue weighted by molar-refractivity contribution is -0.143. The summed E-state index contributed by atoms with van der Waals surface area (Å²) in [6, 6.07) is 11.8. The maximum Gasteiger partial charge on any atom is 0.411 e. The minimum absolute atomic E-state index is 0.0164. The van der Waals surface area contributed by atoms with E-state index in [-0.39, 0.29) is 18.7 Å². The van der Waals surface area contributed by atoms with Gasteiger partial charge in [0.05, 0.1) is 0 Å². The number of hydrogen-bond donors (Lipinski definition) is 1. The number of halogens is 1. The Kier molecular flexibility index (Phi) is 6.72. The molecule has 0 radical (unpaired) electrons. The molecule has 0 bridgehead atoms. The van der Waals surface area contributed by atoms with Gasteiger partial charge < -0.3 is 9.84 Å². The van der Waals surface area contributed by atoms with Crippen molar-refractivity contribution in [2.45, 2.75) is 32.9 Å². The Morgan fingerprint density at radius 2 is 1.88 bits per heavy atom. The summed E-state index contributed by atoms with van der Waals surface area (Å²) in [6.07, 6.45) is -0.276. The Labute approximate surface area is 152 Å². The van der Waals surface area contributed by atoms with Crippen LogP contribution in [0.25, 0.3) is 0 Å². The summed E-state index contributed by atoms with van der Waals surface area (Å²) < 4.78 is 19.5. The fourth-order valence-electron chi connectivity index (χ4n) is 2.68. The van der Waals surface area contributed by atoms with Crippen molar-refractivity contribution in [2.75, 3.05) is 6.54 Å². The molecule has 26 heavy (non-hydrogen) atoms. The highest BCUT2D eigenvalue weighted by atomic mass is 19.1. The van der Waals surface area contributed by atoms with Gasteiger partial charge in [0.2, 0.25) is 0 Å². The van der Waals surface area contributed by atoms with Crippen molar-refractivity contribution in [1.82, 2.24) is 4.90 Å². The minimum atomic E-state index is -1.45. The number of nitrogens with zero attached hydrogens (tertiary/aromatic N) is 1. The molecule has 0 spiro atoms. The van der Waals surface area contributed by atoms with Crippen molar-refractivity contribution in [3.63, 3.8) is 0 Å². The van der Waals surface area contributed by atoms with Gasteiger partial charge in [-0.1, -0.05) is 55.0 Å². The Morgan fingerprint density at radius 3 is 2.50 bits per heavy atom. The largest absolute Gasteiger partial charge is 0.479 e. The number of carbonyl (C=O) groups is 2. The maximum absolute atomic E-state index is 14.3. The van der Waals surface area contributed by atoms with Gasteiger partial charge in [-0.2, -0.15) is 0 Å². The minimum Gasteiger partial charge on any atom is -0.479 e. The van der Waals surface area contributed by atoms with E-state index in [1.54, 1.807) is 25.1 Å². The molecular weight excluding hydrogens is 337 g/mol. The molecule has 0 fully saturated rings. The Bertz CT molecular complexity index is 764. The van der Waals surface area contributed by atoms with E-state index in [0.29, 0.717) is 12.0 Å². The summed E-state index contributed by atoms with van der Waals surface area (Å²) in [5.74, 6) is -1.97. The topological polar surface area (TPSA) is 66.8 Å². The van der Waals surface area contributed by atoms with Crippen molar-refractivity contribution in [3.8, 4) is 0 Å². The normalized spacial score (nSPS) is 11.7. The first kappa shape index (κ1) is 19.4. The average molecular weight is 359 g/mol. The third-order valence-corrected chi connectivity index (χ3v) is 3.90. The van der Waals surface area contributed by atoms with E-state index in [9.17, 15) is 19.1 Å². The molecule has 2 aromatic rings. The summed E-state index contributed by atoms with van der Waals surface area (Å²) >= 11 is 0. The molecule has 6 heteroatoms. The van der Waals surface area contributed by atoms with Gasteiger partial charge in [-0.3, -0.25) is 4.90 Å². The van der Waals surface area contributed by atoms with E-state index in [4.69, 9.17) is 4.74 Å². The molecule has 0 aromatic heterocycles. The summed E-state index contributed by atoms with van der Waals surface area (Å²) in [5.41, 5.74) is 1.44. The van der Waals surface area contributed by atoms with Crippen LogP contribution < -0.4 is 0 Å². The Morgan fingerprint density at radius 1 is 1.19 bits per heavy atom. The van der Waals surface area contributed by atoms with Crippen LogP contribution in [-0.2, 0) is 16.1 Å². The van der Waals surface area contributed by atoms with Gasteiger partial charge in [-0.25, -0.2) is 14.0 Å². The van der Waals surface area contributed by atoms with Crippen molar-refractivity contribution < 1.29 is 23.8 Å². The van der Waals surface area contributed by atoms with Crippen LogP contribution >= 0.6 is 0 Å². The van der Waals surface area contributed by atoms with Crippen LogP contribution in [-0.4, -0.2) is 28.6 Å². The second-order valence-electron chi connectivity index (χ2n) is 6.00. The molecule has 1 unspecified atom stereocenters. The molecule has 0 heterocycles. The molecular formula is C20H22FNO4. The molecule has 1 atom stereocenters. The third-order valence-electron chi connectivity index (χ3n) is 3.90. The van der Waals surface area contributed by atoms with E-state index >= 15 is 0 Å². The smallest absolute Gasteiger partial charge is 0.411 e. The first-order valence-corrected chi connectivity index (χ1v) is 8.40. The molecule has 2 rings (SSSR count). The van der Waals surface area contributed by atoms with E-state index in [0.717, 1.165) is 10.5 Å². The number of carboxylic acid groups (broad SMARTS) is 1. The quantitative estimate of drug-likeness (QED) is 0.800. The number of aryl methyl sites for hydroxylation is 1. The Hall–Kier alpha value is -2.89. The number of benzene rings is 2. The fourth-order valence-corrected chi connectivity index (χ4v) is 2.68. The van der Waals surface area contributed by atoms with E-state index in [2.05, 4.69) is 0 Å². The molecule has 0 saturated heterocycles. The predicted octanol–water partition coefficient (Wildman–Crippen LogP) is 4.31. The number of hydrogen-bond acceptors (Lipinski definition) is 3. The maximum atomic E-state index is 14.3. The lowest BCUT2D eigenvalue weighted by Gasteiger charge is -2.28. The van der Waals surface area contributed by atoms with E-state index in [1.807, 2.05) is 25.1 Å². The number of carbonyl (C=O) groups excluding carboxylic acids is 1. The van der Waals surface area contributed by atoms with Gasteiger partial charge >= 0.3 is 12.1 Å². The zero-order valence-corrected chi connectivity index (χ0v) is 14.8. The van der Waals surface area contributed by atoms with Crippen molar-refractivity contribution in [1.29, 1.82) is 0 Å². The zero-order chi connectivity index (χ0) is 19.1. The van der Waals surface area contributed by atoms with E-state index < -0.39 is 23.9 Å². The first-order valence-electron chi connectivity index (χ1n) is 8.40. The molecule has 0 aliphatic heterocycles. The lowest BCUT2D eigenvalue weighted by atomic mass is 10.0. The van der Waals surface area contributed by atoms with Crippen LogP contribution in [0.15, 0.2) is 48.5 Å². The van der Waals surface area contributed by atoms with Crippen molar-refractivity contribution >= 4 is 12.1 Å². The van der Waals surface area contributed by atoms with Crippen molar-refractivity contribution in [3.05, 3.63) is 71.0 Å². The predicted molar refractivity (Wildman–Crippen MR) is 95.1 cm³/mol. The van der Waals surface area contributed by atoms with Gasteiger partial charge in [0.15, 0.2) is 6.04 Å². The first-order chi connectivity index (χ1) is 12.4. The van der Waals surface area contributed by atoms with Gasteiger partial charge in [-0.15, -0.1) is 0 Å². The highest BCUT2D eigenvalue weighted by molar-refractivity contribution is 5.81. The summed E-state index contributed by atoms with van der Waals surface area (Å²) in [5, 5.41) is 9.66. The number of ether oxygens (including phenoxy) is 1. The van der Waals surface area contributed by atoms with Crippen LogP contribution in [0.1, 0.15) is 36.1 Å². The number of amides is 1. The standard InChI is InChI=1S/C20H22FNO4/c1-3-11-22(20(25)26-13-15-7-5-4-6-8-15)18(19(23)24)16-12-14(2)9-10-17(16)21/h4-10,12,18H,3,11,13H2,1-2H3,(H,23,24). The number of carboxylic acids is 1. The molecule has 2 aromatic carbocycles. The SMILES string of the molecule is CCCN(C(=O)OCc1ccccc1)C(C(=O)O)c1cc(C)ccc1F. The second kappa shape index (κ2) is 8.99. The third kappa shape index (κ3) is 4.81. The van der Waals surface area contributed by atoms with Crippen LogP contribution in [0.5, 0.6) is 0 Å². The van der Waals surface area contributed by atoms with Gasteiger partial charge in [0, 0.05) is 12.1 Å². The Balaban J connectivity index is 2.27. The number of aliphatic carboxylic acids is 1. The van der Waals surface area contributed by atoms with Crippen LogP contribution in [0.2, 0.25) is 0 Å². The summed E-state index contributed by atoms with van der Waals surface area (Å²) in [6.45, 7) is 3.70. The lowest BCUT2D eigenvalue weighted by Crippen LogP contribution is -2.40. The highest BCUT2D eigenvalue weighted by Crippen LogP contribution is 2.26. The molecule has 0 aliphatic carbocycles. The highest BCUT2D eigenvalue weighted by Gasteiger charge is 2.33. The zero-order valence-electron chi connectivity index (χ0n) is 14.8. The van der Waals surface area contributed by atoms with Gasteiger partial charge in [-0.05, 0) is 25.0 Å².